The molecule has 0 spiro atoms. The van der Waals surface area contributed by atoms with Crippen molar-refractivity contribution in [1.29, 1.82) is 5.41 Å². The Morgan fingerprint density at radius 2 is 2.00 bits per heavy atom. The summed E-state index contributed by atoms with van der Waals surface area (Å²) in [6, 6.07) is 1.77. The highest BCUT2D eigenvalue weighted by Crippen LogP contribution is 2.38. The largest absolute Gasteiger partial charge is 0.382 e. The molecule has 5 nitrogen and oxygen atoms in total. The fourth-order valence-corrected chi connectivity index (χ4v) is 3.23. The SMILES string of the molecule is Cc1cc(C(=N)N)nc(N2CC3CCCC3C2)n1. The highest BCUT2D eigenvalue weighted by Gasteiger charge is 2.37. The van der Waals surface area contributed by atoms with Crippen molar-refractivity contribution in [2.24, 2.45) is 17.6 Å². The van der Waals surface area contributed by atoms with Gasteiger partial charge >= 0.3 is 0 Å². The molecule has 96 valence electrons. The zero-order chi connectivity index (χ0) is 12.7. The van der Waals surface area contributed by atoms with Gasteiger partial charge in [0.2, 0.25) is 5.95 Å². The topological polar surface area (TPSA) is 78.9 Å². The molecule has 1 aromatic heterocycles. The summed E-state index contributed by atoms with van der Waals surface area (Å²) < 4.78 is 0. The molecule has 0 bridgehead atoms. The van der Waals surface area contributed by atoms with Gasteiger partial charge in [0.1, 0.15) is 11.5 Å². The Morgan fingerprint density at radius 3 is 2.61 bits per heavy atom. The molecule has 2 fully saturated rings. The number of fused-ring (bicyclic) bond motifs is 1. The summed E-state index contributed by atoms with van der Waals surface area (Å²) >= 11 is 0. The van der Waals surface area contributed by atoms with Gasteiger partial charge in [-0.05, 0) is 37.7 Å². The second kappa shape index (κ2) is 4.23. The second-order valence-corrected chi connectivity index (χ2v) is 5.46. The first-order chi connectivity index (χ1) is 8.63. The van der Waals surface area contributed by atoms with E-state index >= 15 is 0 Å². The number of nitrogens with two attached hydrogens (primary N) is 1. The molecule has 2 atom stereocenters. The molecule has 3 N–H and O–H groups in total. The lowest BCUT2D eigenvalue weighted by atomic mass is 10.0. The molecule has 0 amide bonds. The molecule has 2 aliphatic rings. The minimum atomic E-state index is 0.0149. The van der Waals surface area contributed by atoms with E-state index in [1.165, 1.54) is 19.3 Å². The van der Waals surface area contributed by atoms with E-state index in [2.05, 4.69) is 14.9 Å². The van der Waals surface area contributed by atoms with Crippen molar-refractivity contribution < 1.29 is 0 Å². The summed E-state index contributed by atoms with van der Waals surface area (Å²) in [7, 11) is 0. The zero-order valence-corrected chi connectivity index (χ0v) is 10.7. The molecule has 1 aliphatic heterocycles. The molecule has 1 aliphatic carbocycles. The van der Waals surface area contributed by atoms with Crippen molar-refractivity contribution in [3.63, 3.8) is 0 Å². The maximum atomic E-state index is 7.50. The number of nitrogens with one attached hydrogen (secondary N) is 1. The predicted molar refractivity (Wildman–Crippen MR) is 70.8 cm³/mol. The molecular weight excluding hydrogens is 226 g/mol. The number of hydrogen-bond acceptors (Lipinski definition) is 4. The van der Waals surface area contributed by atoms with Crippen LogP contribution in [0, 0.1) is 24.2 Å². The van der Waals surface area contributed by atoms with Crippen LogP contribution in [0.15, 0.2) is 6.07 Å². The molecule has 2 unspecified atom stereocenters. The summed E-state index contributed by atoms with van der Waals surface area (Å²) in [6.07, 6.45) is 4.05. The van der Waals surface area contributed by atoms with E-state index in [9.17, 15) is 0 Å². The number of rotatable bonds is 2. The average Bonchev–Trinajstić information content (AvgIpc) is 2.87. The van der Waals surface area contributed by atoms with Crippen LogP contribution in [0.25, 0.3) is 0 Å². The van der Waals surface area contributed by atoms with Crippen LogP contribution in [0.4, 0.5) is 5.95 Å². The molecule has 5 heteroatoms. The Hall–Kier alpha value is -1.65. The van der Waals surface area contributed by atoms with Crippen LogP contribution >= 0.6 is 0 Å². The number of nitrogens with zero attached hydrogens (tertiary/aromatic N) is 3. The summed E-state index contributed by atoms with van der Waals surface area (Å²) in [6.45, 7) is 4.05. The number of aryl methyl sites for hydroxylation is 1. The molecular formula is C13H19N5. The van der Waals surface area contributed by atoms with E-state index in [0.717, 1.165) is 36.6 Å². The number of amidine groups is 1. The van der Waals surface area contributed by atoms with Gasteiger partial charge in [-0.15, -0.1) is 0 Å². The minimum absolute atomic E-state index is 0.0149. The summed E-state index contributed by atoms with van der Waals surface area (Å²) in [5.74, 6) is 2.39. The van der Waals surface area contributed by atoms with Crippen molar-refractivity contribution in [2.75, 3.05) is 18.0 Å². The van der Waals surface area contributed by atoms with Crippen LogP contribution in [0.2, 0.25) is 0 Å². The van der Waals surface area contributed by atoms with E-state index in [1.807, 2.05) is 6.92 Å². The van der Waals surface area contributed by atoms with Crippen molar-refractivity contribution in [3.05, 3.63) is 17.5 Å². The number of hydrogen-bond donors (Lipinski definition) is 2. The van der Waals surface area contributed by atoms with Crippen LogP contribution in [0.1, 0.15) is 30.7 Å². The third-order valence-corrected chi connectivity index (χ3v) is 4.13. The monoisotopic (exact) mass is 245 g/mol. The van der Waals surface area contributed by atoms with Gasteiger partial charge in [-0.2, -0.15) is 0 Å². The third kappa shape index (κ3) is 1.94. The highest BCUT2D eigenvalue weighted by atomic mass is 15.3. The smallest absolute Gasteiger partial charge is 0.226 e. The number of nitrogen functional groups attached to an aromatic ring is 1. The van der Waals surface area contributed by atoms with E-state index in [1.54, 1.807) is 6.07 Å². The standard InChI is InChI=1S/C13H19N5/c1-8-5-11(12(14)15)17-13(16-8)18-6-9-3-2-4-10(9)7-18/h5,9-10H,2-4,6-7H2,1H3,(H3,14,15). The van der Waals surface area contributed by atoms with Gasteiger partial charge in [0.05, 0.1) is 0 Å². The summed E-state index contributed by atoms with van der Waals surface area (Å²) in [5.41, 5.74) is 6.93. The maximum absolute atomic E-state index is 7.50. The second-order valence-electron chi connectivity index (χ2n) is 5.46. The quantitative estimate of drug-likeness (QED) is 0.608. The Bertz CT molecular complexity index is 472. The van der Waals surface area contributed by atoms with Crippen LogP contribution in [0.3, 0.4) is 0 Å². The third-order valence-electron chi connectivity index (χ3n) is 4.13. The van der Waals surface area contributed by atoms with E-state index in [4.69, 9.17) is 11.1 Å². The molecule has 0 aromatic carbocycles. The van der Waals surface area contributed by atoms with Gasteiger partial charge in [0.25, 0.3) is 0 Å². The Morgan fingerprint density at radius 1 is 1.33 bits per heavy atom. The Kier molecular flexibility index (Phi) is 2.69. The molecule has 18 heavy (non-hydrogen) atoms. The summed E-state index contributed by atoms with van der Waals surface area (Å²) in [4.78, 5) is 11.2. The Balaban J connectivity index is 1.86. The molecule has 1 saturated heterocycles. The van der Waals surface area contributed by atoms with E-state index in [-0.39, 0.29) is 5.84 Å². The van der Waals surface area contributed by atoms with Crippen molar-refractivity contribution >= 4 is 11.8 Å². The summed E-state index contributed by atoms with van der Waals surface area (Å²) in [5, 5.41) is 7.50. The molecule has 2 heterocycles. The first-order valence-electron chi connectivity index (χ1n) is 6.58. The van der Waals surface area contributed by atoms with Gasteiger partial charge in [-0.1, -0.05) is 6.42 Å². The van der Waals surface area contributed by atoms with Gasteiger partial charge in [0.15, 0.2) is 0 Å². The maximum Gasteiger partial charge on any atom is 0.226 e. The van der Waals surface area contributed by atoms with Crippen LogP contribution in [-0.4, -0.2) is 28.9 Å². The lowest BCUT2D eigenvalue weighted by Crippen LogP contribution is -2.25. The van der Waals surface area contributed by atoms with Gasteiger partial charge in [-0.25, -0.2) is 9.97 Å². The number of aromatic nitrogens is 2. The van der Waals surface area contributed by atoms with Crippen molar-refractivity contribution in [1.82, 2.24) is 9.97 Å². The Labute approximate surface area is 107 Å². The predicted octanol–water partition coefficient (Wildman–Crippen LogP) is 1.31. The lowest BCUT2D eigenvalue weighted by molar-refractivity contribution is 0.494. The van der Waals surface area contributed by atoms with E-state index < -0.39 is 0 Å². The van der Waals surface area contributed by atoms with E-state index in [0.29, 0.717) is 5.69 Å². The normalized spacial score (nSPS) is 26.4. The molecule has 1 aromatic rings. The zero-order valence-electron chi connectivity index (χ0n) is 10.7. The molecule has 0 radical (unpaired) electrons. The van der Waals surface area contributed by atoms with Crippen molar-refractivity contribution in [3.8, 4) is 0 Å². The molecule has 3 rings (SSSR count). The van der Waals surface area contributed by atoms with Crippen LogP contribution < -0.4 is 10.6 Å². The van der Waals surface area contributed by atoms with Crippen molar-refractivity contribution in [2.45, 2.75) is 26.2 Å². The van der Waals surface area contributed by atoms with Gasteiger partial charge in [0, 0.05) is 18.8 Å². The molecule has 1 saturated carbocycles. The number of anilines is 1. The fraction of sp³-hybridized carbons (Fsp3) is 0.615. The van der Waals surface area contributed by atoms with Crippen LogP contribution in [-0.2, 0) is 0 Å². The lowest BCUT2D eigenvalue weighted by Gasteiger charge is -2.18. The first-order valence-corrected chi connectivity index (χ1v) is 6.58. The average molecular weight is 245 g/mol. The first kappa shape index (κ1) is 11.4. The van der Waals surface area contributed by atoms with Gasteiger partial charge in [-0.3, -0.25) is 5.41 Å². The minimum Gasteiger partial charge on any atom is -0.382 e. The van der Waals surface area contributed by atoms with Gasteiger partial charge < -0.3 is 10.6 Å². The fourth-order valence-electron chi connectivity index (χ4n) is 3.23. The van der Waals surface area contributed by atoms with Crippen LogP contribution in [0.5, 0.6) is 0 Å². The highest BCUT2D eigenvalue weighted by molar-refractivity contribution is 5.93.